The molecule has 62 heavy (non-hydrogen) atoms. The Labute approximate surface area is 372 Å². The van der Waals surface area contributed by atoms with Gasteiger partial charge in [-0.3, -0.25) is 0 Å². The molecule has 8 aromatic rings. The van der Waals surface area contributed by atoms with Crippen LogP contribution < -0.4 is 4.90 Å². The summed E-state index contributed by atoms with van der Waals surface area (Å²) in [4.78, 5) is 5.16. The molecule has 2 aliphatic carbocycles. The van der Waals surface area contributed by atoms with Crippen molar-refractivity contribution >= 4 is 28.8 Å². The van der Waals surface area contributed by atoms with Gasteiger partial charge in [-0.15, -0.1) is 0 Å². The molecule has 0 unspecified atom stereocenters. The number of benzene rings is 8. The van der Waals surface area contributed by atoms with E-state index in [1.54, 1.807) is 0 Å². The Hall–Kier alpha value is -6.09. The van der Waals surface area contributed by atoms with Crippen LogP contribution in [0.15, 0.2) is 186 Å². The second-order valence-corrected chi connectivity index (χ2v) is 21.3. The second kappa shape index (κ2) is 13.7. The van der Waals surface area contributed by atoms with E-state index in [1.807, 2.05) is 11.8 Å². The predicted octanol–water partition coefficient (Wildman–Crippen LogP) is 16.6. The summed E-state index contributed by atoms with van der Waals surface area (Å²) in [6.45, 7) is 18.8. The number of hydrogen-bond acceptors (Lipinski definition) is 2. The van der Waals surface area contributed by atoms with Gasteiger partial charge in [-0.1, -0.05) is 201 Å². The summed E-state index contributed by atoms with van der Waals surface area (Å²) in [5.74, 6) is 0. The van der Waals surface area contributed by atoms with Crippen LogP contribution in [0.3, 0.4) is 0 Å². The lowest BCUT2D eigenvalue weighted by atomic mass is 9.66. The molecule has 0 saturated carbocycles. The minimum absolute atomic E-state index is 0.0197. The standard InChI is InChI=1S/C60H53NS/c1-57(2,3)39-26-30-46-47-31-27-40(58(4,5)6)35-52(47)60(51(46)34-39)49-23-15-17-25-55(49)62-56-33-29-42(37-53(56)60)61(54-24-16-13-20-43(54)38-18-10-9-11-19-38)41-28-32-45-44-21-12-14-22-48(44)59(7,8)50(45)36-41/h9-37H,1-8H3. The maximum atomic E-state index is 2.56. The van der Waals surface area contributed by atoms with Gasteiger partial charge in [0.05, 0.1) is 11.1 Å². The van der Waals surface area contributed by atoms with E-state index in [2.05, 4.69) is 236 Å². The van der Waals surface area contributed by atoms with Crippen molar-refractivity contribution < 1.29 is 0 Å². The Morgan fingerprint density at radius 2 is 0.871 bits per heavy atom. The average molecular weight is 820 g/mol. The van der Waals surface area contributed by atoms with Gasteiger partial charge in [0.2, 0.25) is 0 Å². The molecule has 0 fully saturated rings. The topological polar surface area (TPSA) is 3.24 Å². The van der Waals surface area contributed by atoms with Crippen LogP contribution in [0, 0.1) is 0 Å². The fraction of sp³-hybridized carbons (Fsp3) is 0.200. The highest BCUT2D eigenvalue weighted by molar-refractivity contribution is 7.99. The van der Waals surface area contributed by atoms with Crippen molar-refractivity contribution in [2.24, 2.45) is 0 Å². The number of rotatable bonds is 4. The lowest BCUT2D eigenvalue weighted by molar-refractivity contribution is 0.585. The summed E-state index contributed by atoms with van der Waals surface area (Å²) in [6, 6.07) is 67.2. The van der Waals surface area contributed by atoms with Gasteiger partial charge in [-0.25, -0.2) is 0 Å². The van der Waals surface area contributed by atoms with Crippen LogP contribution in [-0.2, 0) is 21.7 Å². The van der Waals surface area contributed by atoms with E-state index in [0.29, 0.717) is 0 Å². The molecule has 1 heterocycles. The van der Waals surface area contributed by atoms with Gasteiger partial charge in [-0.2, -0.15) is 0 Å². The Kier molecular flexibility index (Phi) is 8.58. The van der Waals surface area contributed by atoms with E-state index >= 15 is 0 Å². The monoisotopic (exact) mass is 819 g/mol. The van der Waals surface area contributed by atoms with Crippen LogP contribution >= 0.6 is 11.8 Å². The summed E-state index contributed by atoms with van der Waals surface area (Å²) >= 11 is 1.91. The molecule has 0 atom stereocenters. The largest absolute Gasteiger partial charge is 0.310 e. The van der Waals surface area contributed by atoms with Crippen molar-refractivity contribution in [2.45, 2.75) is 86.8 Å². The Balaban J connectivity index is 1.22. The van der Waals surface area contributed by atoms with Crippen molar-refractivity contribution in [1.82, 2.24) is 0 Å². The van der Waals surface area contributed by atoms with Gasteiger partial charge in [0.25, 0.3) is 0 Å². The van der Waals surface area contributed by atoms with Crippen molar-refractivity contribution in [2.75, 3.05) is 4.90 Å². The first-order valence-corrected chi connectivity index (χ1v) is 23.0. The molecule has 0 aromatic heterocycles. The summed E-state index contributed by atoms with van der Waals surface area (Å²) in [6.07, 6.45) is 0. The molecular formula is C60H53NS. The Morgan fingerprint density at radius 3 is 1.53 bits per heavy atom. The molecule has 304 valence electrons. The fourth-order valence-electron chi connectivity index (χ4n) is 10.8. The van der Waals surface area contributed by atoms with Gasteiger partial charge >= 0.3 is 0 Å². The quantitative estimate of drug-likeness (QED) is 0.174. The van der Waals surface area contributed by atoms with Crippen LogP contribution in [0.1, 0.15) is 99.9 Å². The van der Waals surface area contributed by atoms with E-state index in [1.165, 1.54) is 87.7 Å². The third-order valence-electron chi connectivity index (χ3n) is 14.1. The SMILES string of the molecule is CC(C)(C)c1ccc2c(c1)C1(c3ccccc3Sc3ccc(N(c4ccc5c(c4)C(C)(C)c4ccccc4-5)c4ccccc4-c4ccccc4)cc31)c1cc(C(C)(C)C)ccc1-2. The zero-order valence-corrected chi connectivity index (χ0v) is 37.9. The highest BCUT2D eigenvalue weighted by Gasteiger charge is 2.51. The van der Waals surface area contributed by atoms with E-state index in [-0.39, 0.29) is 16.2 Å². The van der Waals surface area contributed by atoms with Gasteiger partial charge < -0.3 is 4.90 Å². The predicted molar refractivity (Wildman–Crippen MR) is 263 cm³/mol. The zero-order valence-electron chi connectivity index (χ0n) is 37.1. The van der Waals surface area contributed by atoms with Gasteiger partial charge in [0.15, 0.2) is 0 Å². The Bertz CT molecular complexity index is 3040. The minimum Gasteiger partial charge on any atom is -0.310 e. The molecule has 11 rings (SSSR count). The summed E-state index contributed by atoms with van der Waals surface area (Å²) < 4.78 is 0. The lowest BCUT2D eigenvalue weighted by Crippen LogP contribution is -2.33. The maximum Gasteiger partial charge on any atom is 0.0736 e. The van der Waals surface area contributed by atoms with Crippen molar-refractivity contribution in [1.29, 1.82) is 0 Å². The number of hydrogen-bond donors (Lipinski definition) is 0. The molecule has 1 nitrogen and oxygen atoms in total. The molecule has 8 aromatic carbocycles. The van der Waals surface area contributed by atoms with Crippen LogP contribution in [0.25, 0.3) is 33.4 Å². The molecule has 2 heteroatoms. The highest BCUT2D eigenvalue weighted by Crippen LogP contribution is 2.64. The van der Waals surface area contributed by atoms with Crippen molar-refractivity contribution in [3.8, 4) is 33.4 Å². The molecule has 0 radical (unpaired) electrons. The van der Waals surface area contributed by atoms with Gasteiger partial charge in [-0.05, 0) is 126 Å². The van der Waals surface area contributed by atoms with E-state index in [4.69, 9.17) is 0 Å². The summed E-state index contributed by atoms with van der Waals surface area (Å²) in [7, 11) is 0. The van der Waals surface area contributed by atoms with Crippen LogP contribution in [-0.4, -0.2) is 0 Å². The molecule has 0 N–H and O–H groups in total. The first kappa shape index (κ1) is 38.8. The molecule has 1 aliphatic heterocycles. The molecule has 0 saturated heterocycles. The zero-order chi connectivity index (χ0) is 42.8. The van der Waals surface area contributed by atoms with Crippen LogP contribution in [0.2, 0.25) is 0 Å². The van der Waals surface area contributed by atoms with Crippen molar-refractivity contribution in [3.63, 3.8) is 0 Å². The third kappa shape index (κ3) is 5.69. The highest BCUT2D eigenvalue weighted by atomic mass is 32.2. The maximum absolute atomic E-state index is 2.56. The number of nitrogens with zero attached hydrogens (tertiary/aromatic N) is 1. The van der Waals surface area contributed by atoms with Crippen molar-refractivity contribution in [3.05, 3.63) is 220 Å². The number of anilines is 3. The minimum atomic E-state index is -0.535. The molecule has 0 amide bonds. The van der Waals surface area contributed by atoms with E-state index < -0.39 is 5.41 Å². The molecule has 3 aliphatic rings. The lowest BCUT2D eigenvalue weighted by Gasteiger charge is -2.41. The average Bonchev–Trinajstić information content (AvgIpc) is 3.68. The number of fused-ring (bicyclic) bond motifs is 12. The second-order valence-electron chi connectivity index (χ2n) is 20.2. The summed E-state index contributed by atoms with van der Waals surface area (Å²) in [5.41, 5.74) is 21.4. The summed E-state index contributed by atoms with van der Waals surface area (Å²) in [5, 5.41) is 0. The van der Waals surface area contributed by atoms with Gasteiger partial charge in [0.1, 0.15) is 0 Å². The normalized spacial score (nSPS) is 15.0. The Morgan fingerprint density at radius 1 is 0.387 bits per heavy atom. The molecule has 0 bridgehead atoms. The number of para-hydroxylation sites is 1. The van der Waals surface area contributed by atoms with E-state index in [0.717, 1.165) is 17.1 Å². The first-order chi connectivity index (χ1) is 29.8. The van der Waals surface area contributed by atoms with Crippen LogP contribution in [0.4, 0.5) is 17.1 Å². The van der Waals surface area contributed by atoms with E-state index in [9.17, 15) is 0 Å². The molecular weight excluding hydrogens is 767 g/mol. The van der Waals surface area contributed by atoms with Crippen LogP contribution in [0.5, 0.6) is 0 Å². The molecule has 1 spiro atoms. The van der Waals surface area contributed by atoms with Gasteiger partial charge in [0, 0.05) is 32.1 Å². The third-order valence-corrected chi connectivity index (χ3v) is 15.2. The smallest absolute Gasteiger partial charge is 0.0736 e. The first-order valence-electron chi connectivity index (χ1n) is 22.2. The fourth-order valence-corrected chi connectivity index (χ4v) is 12.0.